The quantitative estimate of drug-likeness (QED) is 0.229. The van der Waals surface area contributed by atoms with Gasteiger partial charge in [-0.2, -0.15) is 0 Å². The van der Waals surface area contributed by atoms with Crippen molar-refractivity contribution in [2.45, 2.75) is 104 Å². The molecule has 19 heavy (non-hydrogen) atoms. The van der Waals surface area contributed by atoms with E-state index in [1.165, 1.54) is 83.5 Å². The molecule has 0 heterocycles. The second kappa shape index (κ2) is 15.8. The molecule has 0 amide bonds. The van der Waals surface area contributed by atoms with E-state index in [2.05, 4.69) is 32.9 Å². The van der Waals surface area contributed by atoms with Gasteiger partial charge in [-0.05, 0) is 31.6 Å². The highest BCUT2D eigenvalue weighted by Crippen LogP contribution is 2.11. The van der Waals surface area contributed by atoms with E-state index in [1.54, 1.807) is 0 Å². The Morgan fingerprint density at radius 1 is 0.632 bits per heavy atom. The number of unbranched alkanes of at least 4 members (excludes halogenated alkanes) is 10. The average Bonchev–Trinajstić information content (AvgIpc) is 2.39. The number of allylic oxidation sites excluding steroid dienone is 2. The molecule has 0 aliphatic heterocycles. The van der Waals surface area contributed by atoms with Crippen LogP contribution in [-0.4, -0.2) is 0 Å². The van der Waals surface area contributed by atoms with Crippen LogP contribution in [0.1, 0.15) is 104 Å². The molecule has 0 N–H and O–H groups in total. The zero-order valence-electron chi connectivity index (χ0n) is 13.9. The first kappa shape index (κ1) is 18.7. The van der Waals surface area contributed by atoms with Gasteiger partial charge in [-0.15, -0.1) is 0 Å². The molecule has 0 aromatic carbocycles. The molecular formula is C19H38. The fourth-order valence-electron chi connectivity index (χ4n) is 2.45. The summed E-state index contributed by atoms with van der Waals surface area (Å²) in [4.78, 5) is 0. The van der Waals surface area contributed by atoms with Crippen LogP contribution in [0.4, 0.5) is 0 Å². The van der Waals surface area contributed by atoms with Crippen molar-refractivity contribution in [2.75, 3.05) is 0 Å². The van der Waals surface area contributed by atoms with Gasteiger partial charge in [-0.3, -0.25) is 0 Å². The lowest BCUT2D eigenvalue weighted by molar-refractivity contribution is 0.540. The highest BCUT2D eigenvalue weighted by molar-refractivity contribution is 4.81. The van der Waals surface area contributed by atoms with Crippen LogP contribution in [0.25, 0.3) is 0 Å². The van der Waals surface area contributed by atoms with Gasteiger partial charge >= 0.3 is 0 Å². The van der Waals surface area contributed by atoms with E-state index in [1.807, 2.05) is 0 Å². The number of hydrogen-bond donors (Lipinski definition) is 0. The van der Waals surface area contributed by atoms with E-state index < -0.39 is 0 Å². The summed E-state index contributed by atoms with van der Waals surface area (Å²) in [6.45, 7) is 6.92. The number of rotatable bonds is 14. The maximum atomic E-state index is 2.41. The normalized spacial score (nSPS) is 11.8. The summed E-state index contributed by atoms with van der Waals surface area (Å²) in [5, 5.41) is 0. The number of hydrogen-bond acceptors (Lipinski definition) is 0. The van der Waals surface area contributed by atoms with Crippen LogP contribution in [-0.2, 0) is 0 Å². The smallest absolute Gasteiger partial charge is 0.0351 e. The van der Waals surface area contributed by atoms with Gasteiger partial charge in [0.2, 0.25) is 0 Å². The highest BCUT2D eigenvalue weighted by atomic mass is 14.0. The fourth-order valence-corrected chi connectivity index (χ4v) is 2.45. The molecule has 0 rings (SSSR count). The van der Waals surface area contributed by atoms with E-state index in [9.17, 15) is 0 Å². The monoisotopic (exact) mass is 266 g/mol. The van der Waals surface area contributed by atoms with Crippen LogP contribution in [0.3, 0.4) is 0 Å². The predicted molar refractivity (Wildman–Crippen MR) is 89.7 cm³/mol. The molecule has 0 fully saturated rings. The van der Waals surface area contributed by atoms with Crippen molar-refractivity contribution < 1.29 is 0 Å². The molecule has 0 nitrogen and oxygen atoms in total. The van der Waals surface area contributed by atoms with Crippen molar-refractivity contribution in [3.05, 3.63) is 12.2 Å². The molecule has 0 heteroatoms. The minimum Gasteiger partial charge on any atom is -0.0885 e. The molecule has 0 radical (unpaired) electrons. The van der Waals surface area contributed by atoms with Gasteiger partial charge < -0.3 is 0 Å². The van der Waals surface area contributed by atoms with Gasteiger partial charge in [0.1, 0.15) is 0 Å². The Morgan fingerprint density at radius 2 is 1.11 bits per heavy atom. The van der Waals surface area contributed by atoms with Crippen LogP contribution in [0.2, 0.25) is 0 Å². The summed E-state index contributed by atoms with van der Waals surface area (Å²) in [5.41, 5.74) is 0. The Bertz CT molecular complexity index is 178. The summed E-state index contributed by atoms with van der Waals surface area (Å²) in [7, 11) is 0. The third-order valence-electron chi connectivity index (χ3n) is 3.79. The van der Waals surface area contributed by atoms with Crippen molar-refractivity contribution in [3.63, 3.8) is 0 Å². The Morgan fingerprint density at radius 3 is 1.63 bits per heavy atom. The van der Waals surface area contributed by atoms with E-state index in [0.717, 1.165) is 5.92 Å². The second-order valence-corrected chi connectivity index (χ2v) is 6.41. The second-order valence-electron chi connectivity index (χ2n) is 6.41. The predicted octanol–water partition coefficient (Wildman–Crippen LogP) is 7.29. The van der Waals surface area contributed by atoms with Gasteiger partial charge in [0.15, 0.2) is 0 Å². The molecule has 0 aliphatic carbocycles. The largest absolute Gasteiger partial charge is 0.0885 e. The Balaban J connectivity index is 3.04. The Labute approximate surface area is 123 Å². The van der Waals surface area contributed by atoms with Crippen LogP contribution in [0.15, 0.2) is 12.2 Å². The molecule has 0 saturated heterocycles. The van der Waals surface area contributed by atoms with Crippen molar-refractivity contribution in [2.24, 2.45) is 5.92 Å². The Kier molecular flexibility index (Phi) is 15.6. The van der Waals surface area contributed by atoms with E-state index in [4.69, 9.17) is 0 Å². The van der Waals surface area contributed by atoms with Crippen LogP contribution in [0.5, 0.6) is 0 Å². The van der Waals surface area contributed by atoms with Gasteiger partial charge in [0.25, 0.3) is 0 Å². The van der Waals surface area contributed by atoms with Crippen molar-refractivity contribution in [3.8, 4) is 0 Å². The first-order valence-corrected chi connectivity index (χ1v) is 8.92. The maximum Gasteiger partial charge on any atom is -0.0351 e. The van der Waals surface area contributed by atoms with Gasteiger partial charge in [0.05, 0.1) is 0 Å². The van der Waals surface area contributed by atoms with Gasteiger partial charge in [0, 0.05) is 0 Å². The van der Waals surface area contributed by atoms with E-state index in [-0.39, 0.29) is 0 Å². The molecule has 0 unspecified atom stereocenters. The molecule has 0 aliphatic rings. The zero-order valence-corrected chi connectivity index (χ0v) is 13.9. The molecule has 114 valence electrons. The summed E-state index contributed by atoms with van der Waals surface area (Å²) in [6.07, 6.45) is 23.0. The summed E-state index contributed by atoms with van der Waals surface area (Å²) >= 11 is 0. The van der Waals surface area contributed by atoms with Crippen LogP contribution < -0.4 is 0 Å². The lowest BCUT2D eigenvalue weighted by atomic mass is 10.0. The van der Waals surface area contributed by atoms with Crippen molar-refractivity contribution in [1.29, 1.82) is 0 Å². The lowest BCUT2D eigenvalue weighted by Crippen LogP contribution is -1.85. The average molecular weight is 267 g/mol. The molecule has 0 bridgehead atoms. The molecular weight excluding hydrogens is 228 g/mol. The minimum absolute atomic E-state index is 0.876. The van der Waals surface area contributed by atoms with E-state index >= 15 is 0 Å². The van der Waals surface area contributed by atoms with Crippen molar-refractivity contribution >= 4 is 0 Å². The third-order valence-corrected chi connectivity index (χ3v) is 3.79. The first-order chi connectivity index (χ1) is 9.27. The molecule has 0 aromatic heterocycles. The molecule has 0 atom stereocenters. The van der Waals surface area contributed by atoms with Gasteiger partial charge in [-0.25, -0.2) is 0 Å². The highest BCUT2D eigenvalue weighted by Gasteiger charge is 1.92. The first-order valence-electron chi connectivity index (χ1n) is 8.92. The van der Waals surface area contributed by atoms with Crippen LogP contribution >= 0.6 is 0 Å². The summed E-state index contributed by atoms with van der Waals surface area (Å²) < 4.78 is 0. The SMILES string of the molecule is CCCCCCCCCC/C=C\CCCCC(C)C. The Hall–Kier alpha value is -0.260. The zero-order chi connectivity index (χ0) is 14.2. The minimum atomic E-state index is 0.876. The summed E-state index contributed by atoms with van der Waals surface area (Å²) in [6, 6.07) is 0. The van der Waals surface area contributed by atoms with E-state index in [0.29, 0.717) is 0 Å². The lowest BCUT2D eigenvalue weighted by Gasteiger charge is -2.02. The molecule has 0 aromatic rings. The van der Waals surface area contributed by atoms with Crippen LogP contribution in [0, 0.1) is 5.92 Å². The van der Waals surface area contributed by atoms with Crippen molar-refractivity contribution in [1.82, 2.24) is 0 Å². The summed E-state index contributed by atoms with van der Waals surface area (Å²) in [5.74, 6) is 0.876. The fraction of sp³-hybridized carbons (Fsp3) is 0.895. The van der Waals surface area contributed by atoms with Gasteiger partial charge in [-0.1, -0.05) is 90.7 Å². The topological polar surface area (TPSA) is 0 Å². The molecule has 0 saturated carbocycles. The molecule has 0 spiro atoms. The maximum absolute atomic E-state index is 2.41. The standard InChI is InChI=1S/C19H38/c1-4-5-6-7-8-9-10-11-12-13-14-15-16-17-18-19(2)3/h13-14,19H,4-12,15-18H2,1-3H3/b14-13-. The third kappa shape index (κ3) is 17.7.